The standard InChI is InChI=1S/C12H23NO2/c1-9-7-6-8-12(5,13-9)10(14)15-11(2,3)4/h9,13H,6-8H2,1-5H3/t9-,12-/m1/s1. The molecule has 1 N–H and O–H groups in total. The van der Waals surface area contributed by atoms with Crippen molar-refractivity contribution >= 4 is 5.97 Å². The van der Waals surface area contributed by atoms with Gasteiger partial charge in [0.25, 0.3) is 0 Å². The molecule has 0 spiro atoms. The molecule has 0 radical (unpaired) electrons. The summed E-state index contributed by atoms with van der Waals surface area (Å²) in [6, 6.07) is 0.399. The van der Waals surface area contributed by atoms with E-state index in [0.29, 0.717) is 6.04 Å². The quantitative estimate of drug-likeness (QED) is 0.679. The summed E-state index contributed by atoms with van der Waals surface area (Å²) in [6.07, 6.45) is 3.09. The van der Waals surface area contributed by atoms with Gasteiger partial charge < -0.3 is 4.74 Å². The predicted molar refractivity (Wildman–Crippen MR) is 60.7 cm³/mol. The van der Waals surface area contributed by atoms with Crippen LogP contribution in [-0.4, -0.2) is 23.2 Å². The zero-order chi connectivity index (χ0) is 11.7. The molecular weight excluding hydrogens is 190 g/mol. The van der Waals surface area contributed by atoms with Crippen molar-refractivity contribution in [1.29, 1.82) is 0 Å². The molecule has 0 aromatic heterocycles. The van der Waals surface area contributed by atoms with Crippen LogP contribution in [0.4, 0.5) is 0 Å². The van der Waals surface area contributed by atoms with Gasteiger partial charge in [0, 0.05) is 6.04 Å². The van der Waals surface area contributed by atoms with Crippen molar-refractivity contribution in [2.24, 2.45) is 0 Å². The van der Waals surface area contributed by atoms with Gasteiger partial charge in [-0.2, -0.15) is 0 Å². The highest BCUT2D eigenvalue weighted by Crippen LogP contribution is 2.25. The first-order valence-corrected chi connectivity index (χ1v) is 5.74. The van der Waals surface area contributed by atoms with Crippen LogP contribution in [-0.2, 0) is 9.53 Å². The van der Waals surface area contributed by atoms with E-state index < -0.39 is 11.1 Å². The van der Waals surface area contributed by atoms with Gasteiger partial charge in [0.2, 0.25) is 0 Å². The Balaban J connectivity index is 2.64. The Hall–Kier alpha value is -0.570. The van der Waals surface area contributed by atoms with Crippen LogP contribution in [0.15, 0.2) is 0 Å². The molecule has 1 aliphatic rings. The van der Waals surface area contributed by atoms with Crippen LogP contribution < -0.4 is 5.32 Å². The number of hydrogen-bond acceptors (Lipinski definition) is 3. The maximum atomic E-state index is 12.0. The third-order valence-electron chi connectivity index (χ3n) is 2.73. The Morgan fingerprint density at radius 2 is 2.07 bits per heavy atom. The van der Waals surface area contributed by atoms with Crippen LogP contribution in [0.3, 0.4) is 0 Å². The van der Waals surface area contributed by atoms with Gasteiger partial charge in [-0.1, -0.05) is 0 Å². The van der Waals surface area contributed by atoms with Crippen molar-refractivity contribution < 1.29 is 9.53 Å². The first-order valence-electron chi connectivity index (χ1n) is 5.74. The third-order valence-corrected chi connectivity index (χ3v) is 2.73. The fourth-order valence-electron chi connectivity index (χ4n) is 2.00. The minimum Gasteiger partial charge on any atom is -0.459 e. The van der Waals surface area contributed by atoms with Gasteiger partial charge in [-0.05, 0) is 53.9 Å². The second-order valence-corrected chi connectivity index (χ2v) is 5.77. The van der Waals surface area contributed by atoms with E-state index in [1.165, 1.54) is 0 Å². The number of hydrogen-bond donors (Lipinski definition) is 1. The molecule has 0 aromatic carbocycles. The molecule has 3 heteroatoms. The van der Waals surface area contributed by atoms with Crippen molar-refractivity contribution in [3.63, 3.8) is 0 Å². The summed E-state index contributed by atoms with van der Waals surface area (Å²) < 4.78 is 5.43. The number of piperidine rings is 1. The Labute approximate surface area is 92.6 Å². The first-order chi connectivity index (χ1) is 6.73. The monoisotopic (exact) mass is 213 g/mol. The molecule has 0 amide bonds. The van der Waals surface area contributed by atoms with E-state index in [2.05, 4.69) is 12.2 Å². The van der Waals surface area contributed by atoms with Crippen LogP contribution in [0, 0.1) is 0 Å². The lowest BCUT2D eigenvalue weighted by atomic mass is 9.88. The molecule has 1 heterocycles. The van der Waals surface area contributed by atoms with E-state index in [9.17, 15) is 4.79 Å². The number of carbonyl (C=O) groups excluding carboxylic acids is 1. The molecule has 1 saturated heterocycles. The largest absolute Gasteiger partial charge is 0.459 e. The second kappa shape index (κ2) is 4.12. The number of esters is 1. The zero-order valence-corrected chi connectivity index (χ0v) is 10.5. The molecule has 0 aromatic rings. The van der Waals surface area contributed by atoms with E-state index in [-0.39, 0.29) is 5.97 Å². The van der Waals surface area contributed by atoms with Crippen LogP contribution in [0.2, 0.25) is 0 Å². The van der Waals surface area contributed by atoms with Crippen LogP contribution in [0.5, 0.6) is 0 Å². The van der Waals surface area contributed by atoms with E-state index in [4.69, 9.17) is 4.74 Å². The topological polar surface area (TPSA) is 38.3 Å². The first kappa shape index (κ1) is 12.5. The molecule has 1 rings (SSSR count). The van der Waals surface area contributed by atoms with Crippen molar-refractivity contribution in [1.82, 2.24) is 5.32 Å². The predicted octanol–water partition coefficient (Wildman–Crippen LogP) is 2.25. The van der Waals surface area contributed by atoms with Crippen molar-refractivity contribution in [2.45, 2.75) is 71.1 Å². The average molecular weight is 213 g/mol. The third kappa shape index (κ3) is 3.49. The maximum Gasteiger partial charge on any atom is 0.326 e. The maximum absolute atomic E-state index is 12.0. The minimum absolute atomic E-state index is 0.124. The molecule has 2 atom stereocenters. The molecule has 1 fully saturated rings. The molecule has 1 aliphatic heterocycles. The van der Waals surface area contributed by atoms with Gasteiger partial charge in [-0.15, -0.1) is 0 Å². The summed E-state index contributed by atoms with van der Waals surface area (Å²) in [5.41, 5.74) is -0.895. The molecular formula is C12H23NO2. The summed E-state index contributed by atoms with van der Waals surface area (Å²) in [5, 5.41) is 3.34. The van der Waals surface area contributed by atoms with Gasteiger partial charge in [0.1, 0.15) is 11.1 Å². The van der Waals surface area contributed by atoms with E-state index in [1.54, 1.807) is 0 Å². The van der Waals surface area contributed by atoms with E-state index >= 15 is 0 Å². The molecule has 0 saturated carbocycles. The molecule has 0 aliphatic carbocycles. The van der Waals surface area contributed by atoms with Gasteiger partial charge in [-0.25, -0.2) is 0 Å². The molecule has 88 valence electrons. The number of rotatable bonds is 1. The van der Waals surface area contributed by atoms with Crippen LogP contribution in [0.1, 0.15) is 53.9 Å². The highest BCUT2D eigenvalue weighted by atomic mass is 16.6. The SMILES string of the molecule is C[C@@H]1CCC[C@](C)(C(=O)OC(C)(C)C)N1. The normalized spacial score (nSPS) is 32.5. The fourth-order valence-corrected chi connectivity index (χ4v) is 2.00. The van der Waals surface area contributed by atoms with E-state index in [1.807, 2.05) is 27.7 Å². The highest BCUT2D eigenvalue weighted by Gasteiger charge is 2.39. The average Bonchev–Trinajstić information content (AvgIpc) is 2.00. The number of nitrogens with one attached hydrogen (secondary N) is 1. The second-order valence-electron chi connectivity index (χ2n) is 5.77. The lowest BCUT2D eigenvalue weighted by Crippen LogP contribution is -2.57. The van der Waals surface area contributed by atoms with Gasteiger partial charge in [0.15, 0.2) is 0 Å². The molecule has 3 nitrogen and oxygen atoms in total. The zero-order valence-electron chi connectivity index (χ0n) is 10.5. The van der Waals surface area contributed by atoms with Crippen LogP contribution in [0.25, 0.3) is 0 Å². The van der Waals surface area contributed by atoms with Crippen molar-refractivity contribution in [3.05, 3.63) is 0 Å². The number of ether oxygens (including phenoxy) is 1. The molecule has 0 bridgehead atoms. The Bertz CT molecular complexity index is 244. The Morgan fingerprint density at radius 1 is 1.47 bits per heavy atom. The van der Waals surface area contributed by atoms with Crippen molar-refractivity contribution in [2.75, 3.05) is 0 Å². The highest BCUT2D eigenvalue weighted by molar-refractivity contribution is 5.80. The van der Waals surface area contributed by atoms with Gasteiger partial charge in [-0.3, -0.25) is 10.1 Å². The van der Waals surface area contributed by atoms with Gasteiger partial charge in [0.05, 0.1) is 0 Å². The summed E-state index contributed by atoms with van der Waals surface area (Å²) >= 11 is 0. The summed E-state index contributed by atoms with van der Waals surface area (Å²) in [4.78, 5) is 12.0. The fraction of sp³-hybridized carbons (Fsp3) is 0.917. The van der Waals surface area contributed by atoms with E-state index in [0.717, 1.165) is 19.3 Å². The van der Waals surface area contributed by atoms with Crippen LogP contribution >= 0.6 is 0 Å². The molecule has 0 unspecified atom stereocenters. The Kier molecular flexibility index (Phi) is 3.44. The summed E-state index contributed by atoms with van der Waals surface area (Å²) in [7, 11) is 0. The summed E-state index contributed by atoms with van der Waals surface area (Å²) in [6.45, 7) is 9.76. The van der Waals surface area contributed by atoms with Crippen molar-refractivity contribution in [3.8, 4) is 0 Å². The molecule has 15 heavy (non-hydrogen) atoms. The lowest BCUT2D eigenvalue weighted by molar-refractivity contribution is -0.164. The Morgan fingerprint density at radius 3 is 2.53 bits per heavy atom. The lowest BCUT2D eigenvalue weighted by Gasteiger charge is -2.38. The van der Waals surface area contributed by atoms with Gasteiger partial charge >= 0.3 is 5.97 Å². The summed E-state index contributed by atoms with van der Waals surface area (Å²) in [5.74, 6) is -0.124. The smallest absolute Gasteiger partial charge is 0.326 e. The minimum atomic E-state index is -0.495. The number of carbonyl (C=O) groups is 1.